The van der Waals surface area contributed by atoms with E-state index >= 15 is 0 Å². The van der Waals surface area contributed by atoms with Crippen LogP contribution in [0.5, 0.6) is 0 Å². The van der Waals surface area contributed by atoms with Gasteiger partial charge in [0.15, 0.2) is 0 Å². The van der Waals surface area contributed by atoms with Crippen LogP contribution in [-0.4, -0.2) is 40.6 Å². The number of aromatic nitrogens is 1. The Balaban J connectivity index is 1.30. The van der Waals surface area contributed by atoms with E-state index in [4.69, 9.17) is 4.74 Å². The molecule has 1 aromatic heterocycles. The summed E-state index contributed by atoms with van der Waals surface area (Å²) in [6, 6.07) is 25.1. The Labute approximate surface area is 232 Å². The maximum absolute atomic E-state index is 13.2. The fraction of sp³-hybridized carbons (Fsp3) is 0.226. The van der Waals surface area contributed by atoms with E-state index in [0.717, 1.165) is 27.6 Å². The van der Waals surface area contributed by atoms with Crippen LogP contribution in [0.3, 0.4) is 0 Å². The van der Waals surface area contributed by atoms with Crippen LogP contribution in [0.25, 0.3) is 10.8 Å². The first-order valence-electron chi connectivity index (χ1n) is 13.1. The average Bonchev–Trinajstić information content (AvgIpc) is 2.98. The Morgan fingerprint density at radius 3 is 2.35 bits per heavy atom. The van der Waals surface area contributed by atoms with Crippen molar-refractivity contribution in [2.24, 2.45) is 0 Å². The lowest BCUT2D eigenvalue weighted by molar-refractivity contribution is -0.139. The van der Waals surface area contributed by atoms with Crippen LogP contribution in [-0.2, 0) is 29.2 Å². The highest BCUT2D eigenvalue weighted by molar-refractivity contribution is 6.08. The molecule has 4 N–H and O–H groups in total. The summed E-state index contributed by atoms with van der Waals surface area (Å²) in [4.78, 5) is 41.3. The first-order valence-corrected chi connectivity index (χ1v) is 13.1. The van der Waals surface area contributed by atoms with Gasteiger partial charge in [0, 0.05) is 31.4 Å². The number of hydrogen-bond acceptors (Lipinski definition) is 6. The molecule has 4 aromatic rings. The van der Waals surface area contributed by atoms with E-state index in [1.165, 1.54) is 0 Å². The number of aliphatic carboxylic acids is 1. The van der Waals surface area contributed by atoms with Gasteiger partial charge in [-0.15, -0.1) is 0 Å². The number of carboxylic acid groups (broad SMARTS) is 1. The van der Waals surface area contributed by atoms with Gasteiger partial charge in [0.1, 0.15) is 12.6 Å². The highest BCUT2D eigenvalue weighted by atomic mass is 16.5. The molecule has 206 valence electrons. The number of ether oxygens (including phenoxy) is 1. The maximum Gasteiger partial charge on any atom is 0.407 e. The fourth-order valence-electron chi connectivity index (χ4n) is 4.31. The standard InChI is InChI=1S/C31H32N4O5/c36-29(35-28(30(37)38)14-8-18-34-31(39)40-21-22-9-2-1-3-10-22)27-16-15-23(25-12-4-5-13-26(25)27)19-32-20-24-11-6-7-17-33-24/h1-7,9-13,15-17,28,32H,8,14,18-21H2,(H,34,39)(H,35,36)(H,37,38)/t28-/m0/s1. The number of pyridine rings is 1. The van der Waals surface area contributed by atoms with Crippen LogP contribution < -0.4 is 16.0 Å². The molecular weight excluding hydrogens is 508 g/mol. The minimum Gasteiger partial charge on any atom is -0.480 e. The molecule has 9 nitrogen and oxygen atoms in total. The highest BCUT2D eigenvalue weighted by Gasteiger charge is 2.22. The second-order valence-electron chi connectivity index (χ2n) is 9.24. The van der Waals surface area contributed by atoms with Gasteiger partial charge in [-0.2, -0.15) is 0 Å². The van der Waals surface area contributed by atoms with Crippen molar-refractivity contribution in [2.75, 3.05) is 6.54 Å². The third kappa shape index (κ3) is 8.12. The molecule has 0 aliphatic rings. The Kier molecular flexibility index (Phi) is 10.2. The molecule has 0 spiro atoms. The quantitative estimate of drug-likeness (QED) is 0.185. The van der Waals surface area contributed by atoms with E-state index in [2.05, 4.69) is 20.9 Å². The summed E-state index contributed by atoms with van der Waals surface area (Å²) in [5.74, 6) is -1.61. The van der Waals surface area contributed by atoms with Gasteiger partial charge in [0.05, 0.1) is 5.69 Å². The summed E-state index contributed by atoms with van der Waals surface area (Å²) in [5.41, 5.74) is 3.22. The molecule has 0 saturated carbocycles. The normalized spacial score (nSPS) is 11.5. The van der Waals surface area contributed by atoms with Crippen molar-refractivity contribution >= 4 is 28.7 Å². The fourth-order valence-corrected chi connectivity index (χ4v) is 4.31. The first-order chi connectivity index (χ1) is 19.5. The van der Waals surface area contributed by atoms with Crippen LogP contribution in [0.1, 0.15) is 40.0 Å². The summed E-state index contributed by atoms with van der Waals surface area (Å²) in [6.45, 7) is 1.55. The molecule has 40 heavy (non-hydrogen) atoms. The molecule has 0 fully saturated rings. The summed E-state index contributed by atoms with van der Waals surface area (Å²) in [7, 11) is 0. The Morgan fingerprint density at radius 1 is 0.850 bits per heavy atom. The molecule has 9 heteroatoms. The van der Waals surface area contributed by atoms with Crippen LogP contribution in [0.2, 0.25) is 0 Å². The lowest BCUT2D eigenvalue weighted by Crippen LogP contribution is -2.41. The van der Waals surface area contributed by atoms with Gasteiger partial charge >= 0.3 is 12.1 Å². The van der Waals surface area contributed by atoms with Crippen LogP contribution >= 0.6 is 0 Å². The van der Waals surface area contributed by atoms with Crippen molar-refractivity contribution in [3.8, 4) is 0 Å². The average molecular weight is 541 g/mol. The van der Waals surface area contributed by atoms with Crippen LogP contribution in [0.15, 0.2) is 91.1 Å². The van der Waals surface area contributed by atoms with E-state index in [-0.39, 0.29) is 19.6 Å². The van der Waals surface area contributed by atoms with Crippen molar-refractivity contribution in [3.05, 3.63) is 114 Å². The maximum atomic E-state index is 13.2. The van der Waals surface area contributed by atoms with Crippen LogP contribution in [0.4, 0.5) is 4.79 Å². The van der Waals surface area contributed by atoms with Crippen molar-refractivity contribution in [1.29, 1.82) is 0 Å². The summed E-state index contributed by atoms with van der Waals surface area (Å²) in [5, 5.41) is 20.0. The lowest BCUT2D eigenvalue weighted by Gasteiger charge is -2.17. The molecule has 0 aliphatic carbocycles. The van der Waals surface area contributed by atoms with Gasteiger partial charge in [-0.05, 0) is 52.9 Å². The summed E-state index contributed by atoms with van der Waals surface area (Å²) in [6.07, 6.45) is 1.66. The number of hydrogen-bond donors (Lipinski definition) is 4. The number of carbonyl (C=O) groups excluding carboxylic acids is 2. The predicted molar refractivity (Wildman–Crippen MR) is 151 cm³/mol. The number of amides is 2. The van der Waals surface area contributed by atoms with Crippen molar-refractivity contribution in [3.63, 3.8) is 0 Å². The Morgan fingerprint density at radius 2 is 1.60 bits per heavy atom. The van der Waals surface area contributed by atoms with Gasteiger partial charge in [0.2, 0.25) is 0 Å². The largest absolute Gasteiger partial charge is 0.480 e. The molecule has 1 atom stereocenters. The smallest absolute Gasteiger partial charge is 0.407 e. The lowest BCUT2D eigenvalue weighted by atomic mass is 9.98. The van der Waals surface area contributed by atoms with Gasteiger partial charge in [-0.1, -0.05) is 66.7 Å². The molecule has 0 aliphatic heterocycles. The molecule has 0 radical (unpaired) electrons. The van der Waals surface area contributed by atoms with E-state index in [9.17, 15) is 19.5 Å². The predicted octanol–water partition coefficient (Wildman–Crippen LogP) is 4.41. The molecule has 0 unspecified atom stereocenters. The third-order valence-corrected chi connectivity index (χ3v) is 6.36. The molecule has 4 rings (SSSR count). The van der Waals surface area contributed by atoms with E-state index in [1.807, 2.05) is 78.9 Å². The minimum atomic E-state index is -1.14. The van der Waals surface area contributed by atoms with Gasteiger partial charge < -0.3 is 25.8 Å². The zero-order valence-corrected chi connectivity index (χ0v) is 22.0. The van der Waals surface area contributed by atoms with E-state index in [1.54, 1.807) is 12.3 Å². The number of nitrogens with zero attached hydrogens (tertiary/aromatic N) is 1. The highest BCUT2D eigenvalue weighted by Crippen LogP contribution is 2.23. The van der Waals surface area contributed by atoms with E-state index in [0.29, 0.717) is 25.1 Å². The number of nitrogens with one attached hydrogen (secondary N) is 3. The Bertz CT molecular complexity index is 1430. The van der Waals surface area contributed by atoms with Crippen molar-refractivity contribution < 1.29 is 24.2 Å². The van der Waals surface area contributed by atoms with Crippen molar-refractivity contribution in [2.45, 2.75) is 38.6 Å². The monoisotopic (exact) mass is 540 g/mol. The zero-order chi connectivity index (χ0) is 28.2. The SMILES string of the molecule is O=C(NCCC[C@H](NC(=O)c1ccc(CNCc2ccccn2)c2ccccc12)C(=O)O)OCc1ccccc1. The molecule has 3 aromatic carbocycles. The number of fused-ring (bicyclic) bond motifs is 1. The molecule has 2 amide bonds. The third-order valence-electron chi connectivity index (χ3n) is 6.36. The number of carboxylic acids is 1. The minimum absolute atomic E-state index is 0.146. The molecule has 1 heterocycles. The second-order valence-corrected chi connectivity index (χ2v) is 9.24. The number of alkyl carbamates (subject to hydrolysis) is 1. The number of carbonyl (C=O) groups is 3. The summed E-state index contributed by atoms with van der Waals surface area (Å²) >= 11 is 0. The number of benzene rings is 3. The van der Waals surface area contributed by atoms with Crippen LogP contribution in [0, 0.1) is 0 Å². The zero-order valence-electron chi connectivity index (χ0n) is 22.0. The van der Waals surface area contributed by atoms with Gasteiger partial charge in [-0.25, -0.2) is 9.59 Å². The van der Waals surface area contributed by atoms with Gasteiger partial charge in [-0.3, -0.25) is 9.78 Å². The topological polar surface area (TPSA) is 130 Å². The molecule has 0 saturated heterocycles. The molecule has 0 bridgehead atoms. The molecular formula is C31H32N4O5. The second kappa shape index (κ2) is 14.4. The first kappa shape index (κ1) is 28.3. The summed E-state index contributed by atoms with van der Waals surface area (Å²) < 4.78 is 5.16. The Hall–Kier alpha value is -4.76. The van der Waals surface area contributed by atoms with E-state index < -0.39 is 24.0 Å². The van der Waals surface area contributed by atoms with Crippen molar-refractivity contribution in [1.82, 2.24) is 20.9 Å². The number of rotatable bonds is 13. The van der Waals surface area contributed by atoms with Gasteiger partial charge in [0.25, 0.3) is 5.91 Å².